The summed E-state index contributed by atoms with van der Waals surface area (Å²) in [5.74, 6) is 0.883. The fraction of sp³-hybridized carbons (Fsp3) is 0.368. The van der Waals surface area contributed by atoms with Crippen LogP contribution < -0.4 is 4.74 Å². The van der Waals surface area contributed by atoms with Gasteiger partial charge in [0.05, 0.1) is 12.2 Å². The molecule has 1 aromatic heterocycles. The fourth-order valence-electron chi connectivity index (χ4n) is 2.76. The number of benzene rings is 1. The van der Waals surface area contributed by atoms with E-state index in [0.717, 1.165) is 47.7 Å². The maximum Gasteiger partial charge on any atom is 0.134 e. The van der Waals surface area contributed by atoms with Gasteiger partial charge >= 0.3 is 0 Å². The molecule has 1 aromatic carbocycles. The summed E-state index contributed by atoms with van der Waals surface area (Å²) in [5.41, 5.74) is 3.03. The van der Waals surface area contributed by atoms with E-state index in [1.165, 1.54) is 23.3 Å². The molecule has 0 atom stereocenters. The Kier molecular flexibility index (Phi) is 5.09. The lowest BCUT2D eigenvalue weighted by Gasteiger charge is -2.09. The highest BCUT2D eigenvalue weighted by Gasteiger charge is 2.19. The Bertz CT molecular complexity index is 738. The van der Waals surface area contributed by atoms with E-state index in [1.54, 1.807) is 11.3 Å². The Labute approximate surface area is 141 Å². The Hall–Kier alpha value is -2.12. The third-order valence-corrected chi connectivity index (χ3v) is 5.15. The first-order valence-corrected chi connectivity index (χ1v) is 8.95. The lowest BCUT2D eigenvalue weighted by Crippen LogP contribution is -1.99. The first-order valence-electron chi connectivity index (χ1n) is 8.13. The third-order valence-electron chi connectivity index (χ3n) is 3.95. The summed E-state index contributed by atoms with van der Waals surface area (Å²) in [4.78, 5) is 5.92. The average Bonchev–Trinajstić information content (AvgIpc) is 2.96. The molecule has 2 aromatic rings. The number of aliphatic imine (C=N–C) groups is 1. The molecule has 4 heteroatoms. The highest BCUT2D eigenvalue weighted by Crippen LogP contribution is 2.39. The Morgan fingerprint density at radius 2 is 2.04 bits per heavy atom. The van der Waals surface area contributed by atoms with Crippen molar-refractivity contribution in [2.24, 2.45) is 4.99 Å². The first kappa shape index (κ1) is 15.8. The molecule has 0 saturated heterocycles. The summed E-state index contributed by atoms with van der Waals surface area (Å²) in [6, 6.07) is 10.3. The summed E-state index contributed by atoms with van der Waals surface area (Å²) in [6.07, 6.45) is 7.35. The van der Waals surface area contributed by atoms with Crippen molar-refractivity contribution in [1.82, 2.24) is 0 Å². The SMILES string of the molecule is CCCOc1ccc(/C=N/c2sc3c(c2C#N)CCCC3)cc1. The number of fused-ring (bicyclic) bond motifs is 1. The lowest BCUT2D eigenvalue weighted by molar-refractivity contribution is 0.317. The second-order valence-electron chi connectivity index (χ2n) is 5.68. The molecule has 0 amide bonds. The molecule has 23 heavy (non-hydrogen) atoms. The number of nitriles is 1. The summed E-state index contributed by atoms with van der Waals surface area (Å²) in [5, 5.41) is 10.3. The molecular weight excluding hydrogens is 304 g/mol. The molecule has 0 spiro atoms. The van der Waals surface area contributed by atoms with Gasteiger partial charge in [0.15, 0.2) is 0 Å². The van der Waals surface area contributed by atoms with Crippen LogP contribution in [0.15, 0.2) is 29.3 Å². The van der Waals surface area contributed by atoms with Crippen LogP contribution in [0.3, 0.4) is 0 Å². The van der Waals surface area contributed by atoms with Gasteiger partial charge in [-0.05, 0) is 67.5 Å². The standard InChI is InChI=1S/C19H20N2OS/c1-2-11-22-15-9-7-14(8-10-15)13-21-19-17(12-20)16-5-3-4-6-18(16)23-19/h7-10,13H,2-6,11H2,1H3/b21-13+. The molecule has 0 fully saturated rings. The maximum absolute atomic E-state index is 9.45. The predicted octanol–water partition coefficient (Wildman–Crippen LogP) is 5.04. The zero-order valence-corrected chi connectivity index (χ0v) is 14.2. The second-order valence-corrected chi connectivity index (χ2v) is 6.76. The molecule has 1 aliphatic rings. The van der Waals surface area contributed by atoms with E-state index in [2.05, 4.69) is 18.0 Å². The van der Waals surface area contributed by atoms with Crippen molar-refractivity contribution < 1.29 is 4.74 Å². The van der Waals surface area contributed by atoms with E-state index in [-0.39, 0.29) is 0 Å². The van der Waals surface area contributed by atoms with Crippen LogP contribution in [-0.2, 0) is 12.8 Å². The topological polar surface area (TPSA) is 45.4 Å². The molecule has 1 heterocycles. The molecular formula is C19H20N2OS. The van der Waals surface area contributed by atoms with Crippen molar-refractivity contribution in [3.05, 3.63) is 45.8 Å². The van der Waals surface area contributed by atoms with E-state index in [4.69, 9.17) is 4.74 Å². The van der Waals surface area contributed by atoms with Crippen LogP contribution >= 0.6 is 11.3 Å². The van der Waals surface area contributed by atoms with Crippen LogP contribution in [0.25, 0.3) is 0 Å². The van der Waals surface area contributed by atoms with Gasteiger partial charge in [0.1, 0.15) is 16.8 Å². The van der Waals surface area contributed by atoms with Crippen molar-refractivity contribution in [2.75, 3.05) is 6.61 Å². The monoisotopic (exact) mass is 324 g/mol. The molecule has 0 aliphatic heterocycles. The molecule has 0 unspecified atom stereocenters. The predicted molar refractivity (Wildman–Crippen MR) is 95.2 cm³/mol. The summed E-state index contributed by atoms with van der Waals surface area (Å²) < 4.78 is 5.58. The van der Waals surface area contributed by atoms with E-state index in [9.17, 15) is 5.26 Å². The van der Waals surface area contributed by atoms with Crippen molar-refractivity contribution in [3.63, 3.8) is 0 Å². The van der Waals surface area contributed by atoms with Gasteiger partial charge in [0.25, 0.3) is 0 Å². The second kappa shape index (κ2) is 7.43. The maximum atomic E-state index is 9.45. The highest BCUT2D eigenvalue weighted by molar-refractivity contribution is 7.16. The van der Waals surface area contributed by atoms with Gasteiger partial charge in [-0.2, -0.15) is 5.26 Å². The van der Waals surface area contributed by atoms with Crippen molar-refractivity contribution in [3.8, 4) is 11.8 Å². The number of aryl methyl sites for hydroxylation is 1. The smallest absolute Gasteiger partial charge is 0.134 e. The van der Waals surface area contributed by atoms with Gasteiger partial charge in [-0.25, -0.2) is 4.99 Å². The highest BCUT2D eigenvalue weighted by atomic mass is 32.1. The van der Waals surface area contributed by atoms with Gasteiger partial charge in [-0.3, -0.25) is 0 Å². The fourth-order valence-corrected chi connectivity index (χ4v) is 3.94. The summed E-state index contributed by atoms with van der Waals surface area (Å²) in [6.45, 7) is 2.83. The van der Waals surface area contributed by atoms with Crippen molar-refractivity contribution >= 4 is 22.6 Å². The Balaban J connectivity index is 1.77. The summed E-state index contributed by atoms with van der Waals surface area (Å²) >= 11 is 1.67. The van der Waals surface area contributed by atoms with Crippen LogP contribution in [0, 0.1) is 11.3 Å². The number of rotatable bonds is 5. The molecule has 0 bridgehead atoms. The van der Waals surface area contributed by atoms with Crippen LogP contribution in [0.5, 0.6) is 5.75 Å². The molecule has 1 aliphatic carbocycles. The largest absolute Gasteiger partial charge is 0.494 e. The number of thiophene rings is 1. The van der Waals surface area contributed by atoms with E-state index in [0.29, 0.717) is 0 Å². The van der Waals surface area contributed by atoms with E-state index < -0.39 is 0 Å². The quantitative estimate of drug-likeness (QED) is 0.723. The zero-order chi connectivity index (χ0) is 16.1. The van der Waals surface area contributed by atoms with Crippen LogP contribution in [0.2, 0.25) is 0 Å². The number of hydrogen-bond acceptors (Lipinski definition) is 4. The van der Waals surface area contributed by atoms with Crippen molar-refractivity contribution in [1.29, 1.82) is 5.26 Å². The van der Waals surface area contributed by atoms with Gasteiger partial charge in [0, 0.05) is 11.1 Å². The first-order chi connectivity index (χ1) is 11.3. The van der Waals surface area contributed by atoms with Gasteiger partial charge in [0.2, 0.25) is 0 Å². The molecule has 3 rings (SSSR count). The molecule has 0 N–H and O–H groups in total. The van der Waals surface area contributed by atoms with E-state index >= 15 is 0 Å². The average molecular weight is 324 g/mol. The zero-order valence-electron chi connectivity index (χ0n) is 13.3. The molecule has 3 nitrogen and oxygen atoms in total. The normalized spacial score (nSPS) is 13.7. The minimum Gasteiger partial charge on any atom is -0.494 e. The van der Waals surface area contributed by atoms with E-state index in [1.807, 2.05) is 30.5 Å². The Morgan fingerprint density at radius 1 is 1.26 bits per heavy atom. The Morgan fingerprint density at radius 3 is 2.78 bits per heavy atom. The van der Waals surface area contributed by atoms with Gasteiger partial charge < -0.3 is 4.74 Å². The minimum absolute atomic E-state index is 0.736. The van der Waals surface area contributed by atoms with Gasteiger partial charge in [-0.1, -0.05) is 6.92 Å². The molecule has 0 radical (unpaired) electrons. The van der Waals surface area contributed by atoms with Crippen LogP contribution in [0.4, 0.5) is 5.00 Å². The number of hydrogen-bond donors (Lipinski definition) is 0. The molecule has 118 valence electrons. The lowest BCUT2D eigenvalue weighted by atomic mass is 9.96. The van der Waals surface area contributed by atoms with Crippen LogP contribution in [-0.4, -0.2) is 12.8 Å². The summed E-state index contributed by atoms with van der Waals surface area (Å²) in [7, 11) is 0. The minimum atomic E-state index is 0.736. The van der Waals surface area contributed by atoms with Crippen molar-refractivity contribution in [2.45, 2.75) is 39.0 Å². The van der Waals surface area contributed by atoms with Gasteiger partial charge in [-0.15, -0.1) is 11.3 Å². The van der Waals surface area contributed by atoms with Crippen LogP contribution in [0.1, 0.15) is 47.8 Å². The number of ether oxygens (including phenoxy) is 1. The third kappa shape index (κ3) is 3.62. The molecule has 0 saturated carbocycles. The number of nitrogens with zero attached hydrogens (tertiary/aromatic N) is 2.